The second-order valence-corrected chi connectivity index (χ2v) is 8.06. The minimum absolute atomic E-state index is 0.0802. The summed E-state index contributed by atoms with van der Waals surface area (Å²) in [7, 11) is -3.70. The topological polar surface area (TPSA) is 76.6 Å². The maximum Gasteiger partial charge on any atom is 0.255 e. The molecule has 1 aromatic carbocycles. The Balaban J connectivity index is 1.83. The molecule has 24 heavy (non-hydrogen) atoms. The number of aromatic nitrogens is 1. The van der Waals surface area contributed by atoms with Crippen molar-refractivity contribution in [2.75, 3.05) is 26.3 Å². The molecule has 1 aliphatic rings. The van der Waals surface area contributed by atoms with E-state index >= 15 is 0 Å². The zero-order valence-corrected chi connectivity index (χ0v) is 15.1. The van der Waals surface area contributed by atoms with Crippen molar-refractivity contribution in [2.45, 2.75) is 9.92 Å². The van der Waals surface area contributed by atoms with Crippen molar-refractivity contribution in [1.82, 2.24) is 9.88 Å². The fourth-order valence-electron chi connectivity index (χ4n) is 2.35. The predicted molar refractivity (Wildman–Crippen MR) is 90.6 cm³/mol. The van der Waals surface area contributed by atoms with Gasteiger partial charge in [0.15, 0.2) is 5.03 Å². The SMILES string of the molecule is O=C(c1ccc(S(=O)(=O)c2ccc(Br)cc2)nc1)N1CCOCC1. The van der Waals surface area contributed by atoms with Crippen LogP contribution in [0.25, 0.3) is 0 Å². The van der Waals surface area contributed by atoms with Crippen LogP contribution in [-0.4, -0.2) is 50.5 Å². The van der Waals surface area contributed by atoms with E-state index in [2.05, 4.69) is 20.9 Å². The van der Waals surface area contributed by atoms with E-state index < -0.39 is 9.84 Å². The molecular weight excluding hydrogens is 396 g/mol. The maximum absolute atomic E-state index is 12.5. The first-order valence-corrected chi connectivity index (χ1v) is 9.60. The lowest BCUT2D eigenvalue weighted by Gasteiger charge is -2.26. The Labute approximate surface area is 148 Å². The fourth-order valence-corrected chi connectivity index (χ4v) is 3.79. The van der Waals surface area contributed by atoms with Gasteiger partial charge in [-0.1, -0.05) is 15.9 Å². The van der Waals surface area contributed by atoms with Crippen LogP contribution in [0.2, 0.25) is 0 Å². The quantitative estimate of drug-likeness (QED) is 0.774. The summed E-state index contributed by atoms with van der Waals surface area (Å²) in [6.07, 6.45) is 1.31. The number of nitrogens with zero attached hydrogens (tertiary/aromatic N) is 2. The molecule has 1 aliphatic heterocycles. The molecule has 2 heterocycles. The molecule has 1 fully saturated rings. The van der Waals surface area contributed by atoms with Crippen LogP contribution in [0.3, 0.4) is 0 Å². The van der Waals surface area contributed by atoms with Crippen molar-refractivity contribution in [1.29, 1.82) is 0 Å². The van der Waals surface area contributed by atoms with Crippen LogP contribution in [0.5, 0.6) is 0 Å². The second kappa shape index (κ2) is 7.00. The molecule has 0 atom stereocenters. The average molecular weight is 411 g/mol. The molecule has 2 aromatic rings. The molecule has 1 amide bonds. The largest absolute Gasteiger partial charge is 0.378 e. The highest BCUT2D eigenvalue weighted by molar-refractivity contribution is 9.10. The van der Waals surface area contributed by atoms with E-state index in [1.165, 1.54) is 30.5 Å². The summed E-state index contributed by atoms with van der Waals surface area (Å²) in [5, 5.41) is -0.0802. The molecule has 0 saturated carbocycles. The molecule has 0 N–H and O–H groups in total. The zero-order chi connectivity index (χ0) is 17.2. The smallest absolute Gasteiger partial charge is 0.255 e. The summed E-state index contributed by atoms with van der Waals surface area (Å²) in [6.45, 7) is 2.07. The van der Waals surface area contributed by atoms with Crippen LogP contribution in [-0.2, 0) is 14.6 Å². The molecule has 0 aliphatic carbocycles. The summed E-state index contributed by atoms with van der Waals surface area (Å²) in [5.74, 6) is -0.168. The van der Waals surface area contributed by atoms with Gasteiger partial charge in [-0.15, -0.1) is 0 Å². The summed E-state index contributed by atoms with van der Waals surface area (Å²) >= 11 is 3.27. The van der Waals surface area contributed by atoms with Gasteiger partial charge in [-0.3, -0.25) is 4.79 Å². The van der Waals surface area contributed by atoms with E-state index in [4.69, 9.17) is 4.74 Å². The summed E-state index contributed by atoms with van der Waals surface area (Å²) < 4.78 is 31.1. The first-order valence-electron chi connectivity index (χ1n) is 7.32. The number of hydrogen-bond acceptors (Lipinski definition) is 5. The van der Waals surface area contributed by atoms with Gasteiger partial charge in [-0.25, -0.2) is 13.4 Å². The van der Waals surface area contributed by atoms with E-state index in [0.717, 1.165) is 4.47 Å². The molecule has 126 valence electrons. The van der Waals surface area contributed by atoms with Crippen LogP contribution in [0, 0.1) is 0 Å². The van der Waals surface area contributed by atoms with Gasteiger partial charge in [0.1, 0.15) is 0 Å². The Bertz CT molecular complexity index is 829. The van der Waals surface area contributed by atoms with Crippen molar-refractivity contribution in [3.8, 4) is 0 Å². The van der Waals surface area contributed by atoms with Gasteiger partial charge in [-0.2, -0.15) is 0 Å². The summed E-state index contributed by atoms with van der Waals surface area (Å²) in [5.41, 5.74) is 0.367. The number of pyridine rings is 1. The van der Waals surface area contributed by atoms with E-state index in [-0.39, 0.29) is 15.8 Å². The Morgan fingerprint density at radius 3 is 2.33 bits per heavy atom. The number of morpholine rings is 1. The lowest BCUT2D eigenvalue weighted by molar-refractivity contribution is 0.0302. The number of carbonyl (C=O) groups excluding carboxylic acids is 1. The highest BCUT2D eigenvalue weighted by Gasteiger charge is 2.22. The van der Waals surface area contributed by atoms with E-state index in [1.54, 1.807) is 17.0 Å². The number of rotatable bonds is 3. The molecule has 0 unspecified atom stereocenters. The van der Waals surface area contributed by atoms with Gasteiger partial charge in [-0.05, 0) is 36.4 Å². The number of amides is 1. The first kappa shape index (κ1) is 17.1. The highest BCUT2D eigenvalue weighted by atomic mass is 79.9. The van der Waals surface area contributed by atoms with Crippen molar-refractivity contribution in [3.63, 3.8) is 0 Å². The predicted octanol–water partition coefficient (Wildman–Crippen LogP) is 2.15. The van der Waals surface area contributed by atoms with Crippen molar-refractivity contribution in [3.05, 3.63) is 52.6 Å². The average Bonchev–Trinajstić information content (AvgIpc) is 2.62. The van der Waals surface area contributed by atoms with Gasteiger partial charge in [0, 0.05) is 23.8 Å². The number of benzene rings is 1. The van der Waals surface area contributed by atoms with Gasteiger partial charge < -0.3 is 9.64 Å². The minimum atomic E-state index is -3.70. The second-order valence-electron chi connectivity index (χ2n) is 5.25. The molecule has 0 radical (unpaired) electrons. The maximum atomic E-state index is 12.5. The lowest BCUT2D eigenvalue weighted by Crippen LogP contribution is -2.40. The fraction of sp³-hybridized carbons (Fsp3) is 0.250. The number of sulfone groups is 1. The molecule has 8 heteroatoms. The Hall–Kier alpha value is -1.77. The third-order valence-corrected chi connectivity index (χ3v) is 5.89. The van der Waals surface area contributed by atoms with Crippen LogP contribution in [0.15, 0.2) is 57.0 Å². The van der Waals surface area contributed by atoms with Crippen LogP contribution in [0.1, 0.15) is 10.4 Å². The Morgan fingerprint density at radius 2 is 1.75 bits per heavy atom. The monoisotopic (exact) mass is 410 g/mol. The number of hydrogen-bond donors (Lipinski definition) is 0. The molecule has 6 nitrogen and oxygen atoms in total. The third kappa shape index (κ3) is 3.50. The summed E-state index contributed by atoms with van der Waals surface area (Å²) in [4.78, 5) is 18.2. The number of ether oxygens (including phenoxy) is 1. The van der Waals surface area contributed by atoms with Crippen molar-refractivity contribution in [2.24, 2.45) is 0 Å². The van der Waals surface area contributed by atoms with Crippen LogP contribution < -0.4 is 0 Å². The Kier molecular flexibility index (Phi) is 4.98. The molecule has 1 saturated heterocycles. The van der Waals surface area contributed by atoms with Crippen LogP contribution in [0.4, 0.5) is 0 Å². The Morgan fingerprint density at radius 1 is 1.08 bits per heavy atom. The highest BCUT2D eigenvalue weighted by Crippen LogP contribution is 2.21. The zero-order valence-electron chi connectivity index (χ0n) is 12.7. The first-order chi connectivity index (χ1) is 11.5. The number of carbonyl (C=O) groups is 1. The van der Waals surface area contributed by atoms with Gasteiger partial charge in [0.25, 0.3) is 5.91 Å². The minimum Gasteiger partial charge on any atom is -0.378 e. The summed E-state index contributed by atoms with van der Waals surface area (Å²) in [6, 6.07) is 9.19. The van der Waals surface area contributed by atoms with Gasteiger partial charge in [0.2, 0.25) is 9.84 Å². The van der Waals surface area contributed by atoms with E-state index in [0.29, 0.717) is 31.9 Å². The molecular formula is C16H15BrN2O4S. The number of halogens is 1. The molecule has 1 aromatic heterocycles. The van der Waals surface area contributed by atoms with Crippen molar-refractivity contribution < 1.29 is 17.9 Å². The van der Waals surface area contributed by atoms with Crippen molar-refractivity contribution >= 4 is 31.7 Å². The standard InChI is InChI=1S/C16H15BrN2O4S/c17-13-2-4-14(5-3-13)24(21,22)15-6-1-12(11-18-15)16(20)19-7-9-23-10-8-19/h1-6,11H,7-10H2. The normalized spacial score (nSPS) is 15.3. The molecule has 0 bridgehead atoms. The molecule has 3 rings (SSSR count). The van der Waals surface area contributed by atoms with Gasteiger partial charge in [0.05, 0.1) is 23.7 Å². The lowest BCUT2D eigenvalue weighted by atomic mass is 10.2. The van der Waals surface area contributed by atoms with E-state index in [9.17, 15) is 13.2 Å². The van der Waals surface area contributed by atoms with E-state index in [1.807, 2.05) is 0 Å². The van der Waals surface area contributed by atoms with Crippen LogP contribution >= 0.6 is 15.9 Å². The molecule has 0 spiro atoms. The third-order valence-electron chi connectivity index (χ3n) is 3.68. The van der Waals surface area contributed by atoms with Gasteiger partial charge >= 0.3 is 0 Å².